The molecule has 1 aromatic heterocycles. The highest BCUT2D eigenvalue weighted by Gasteiger charge is 2.47. The Kier molecular flexibility index (Phi) is 6.84. The number of carbonyl (C=O) groups is 1. The van der Waals surface area contributed by atoms with E-state index in [9.17, 15) is 18.0 Å². The lowest BCUT2D eigenvalue weighted by molar-refractivity contribution is -0.191. The van der Waals surface area contributed by atoms with Crippen molar-refractivity contribution in [3.63, 3.8) is 0 Å². The van der Waals surface area contributed by atoms with E-state index in [0.717, 1.165) is 28.2 Å². The van der Waals surface area contributed by atoms with E-state index in [2.05, 4.69) is 10.3 Å². The van der Waals surface area contributed by atoms with Gasteiger partial charge in [-0.3, -0.25) is 9.78 Å². The molecule has 32 heavy (non-hydrogen) atoms. The molecule has 1 amide bonds. The Labute approximate surface area is 198 Å². The first kappa shape index (κ1) is 23.5. The summed E-state index contributed by atoms with van der Waals surface area (Å²) in [6, 6.07) is 4.57. The Morgan fingerprint density at radius 1 is 1.25 bits per heavy atom. The van der Waals surface area contributed by atoms with E-state index in [1.807, 2.05) is 6.07 Å². The molecule has 1 fully saturated rings. The number of pyridine rings is 1. The van der Waals surface area contributed by atoms with Crippen LogP contribution in [0.2, 0.25) is 10.0 Å². The average molecular weight is 504 g/mol. The molecule has 10 heteroatoms. The second-order valence-electron chi connectivity index (χ2n) is 8.17. The van der Waals surface area contributed by atoms with Crippen LogP contribution >= 0.6 is 35.0 Å². The van der Waals surface area contributed by atoms with Crippen LogP contribution in [0.1, 0.15) is 29.3 Å². The van der Waals surface area contributed by atoms with Crippen LogP contribution in [0, 0.1) is 5.92 Å². The van der Waals surface area contributed by atoms with Gasteiger partial charge in [0.05, 0.1) is 27.6 Å². The average Bonchev–Trinajstić information content (AvgIpc) is 3.41. The lowest BCUT2D eigenvalue weighted by atomic mass is 10.0. The minimum atomic E-state index is -4.62. The largest absolute Gasteiger partial charge is 0.414 e. The van der Waals surface area contributed by atoms with E-state index in [1.54, 1.807) is 23.9 Å². The first-order valence-electron chi connectivity index (χ1n) is 10.2. The number of thioether (sulfide) groups is 1. The first-order chi connectivity index (χ1) is 15.1. The second-order valence-corrected chi connectivity index (χ2v) is 10.1. The van der Waals surface area contributed by atoms with Crippen molar-refractivity contribution in [1.29, 1.82) is 0 Å². The zero-order chi connectivity index (χ0) is 23.0. The first-order valence-corrected chi connectivity index (χ1v) is 12.2. The maximum atomic E-state index is 13.9. The lowest BCUT2D eigenvalue weighted by Crippen LogP contribution is -2.43. The number of benzene rings is 1. The van der Waals surface area contributed by atoms with Gasteiger partial charge in [-0.1, -0.05) is 29.3 Å². The van der Waals surface area contributed by atoms with Crippen molar-refractivity contribution in [3.05, 3.63) is 57.3 Å². The molecule has 0 spiro atoms. The summed E-state index contributed by atoms with van der Waals surface area (Å²) in [5, 5.41) is 4.36. The fourth-order valence-corrected chi connectivity index (χ4v) is 6.00. The maximum absolute atomic E-state index is 13.9. The van der Waals surface area contributed by atoms with Crippen molar-refractivity contribution in [2.75, 3.05) is 23.9 Å². The third-order valence-electron chi connectivity index (χ3n) is 5.97. The molecule has 0 bridgehead atoms. The van der Waals surface area contributed by atoms with Gasteiger partial charge >= 0.3 is 6.18 Å². The number of hydrogen-bond donors (Lipinski definition) is 1. The molecule has 2 heterocycles. The van der Waals surface area contributed by atoms with Crippen molar-refractivity contribution in [2.24, 2.45) is 5.92 Å². The van der Waals surface area contributed by atoms with Gasteiger partial charge in [0.2, 0.25) is 5.91 Å². The van der Waals surface area contributed by atoms with Crippen LogP contribution < -0.4 is 5.32 Å². The molecule has 2 aromatic rings. The van der Waals surface area contributed by atoms with Crippen LogP contribution in [0.3, 0.4) is 0 Å². The molecule has 4 rings (SSSR count). The predicted octanol–water partition coefficient (Wildman–Crippen LogP) is 5.78. The number of alkyl halides is 3. The summed E-state index contributed by atoms with van der Waals surface area (Å²) in [7, 11) is 1.21. The van der Waals surface area contributed by atoms with Gasteiger partial charge in [-0.05, 0) is 54.3 Å². The highest BCUT2D eigenvalue weighted by molar-refractivity contribution is 7.99. The maximum Gasteiger partial charge on any atom is 0.414 e. The monoisotopic (exact) mass is 503 g/mol. The molecule has 4 nitrogen and oxygen atoms in total. The molecule has 0 saturated carbocycles. The van der Waals surface area contributed by atoms with E-state index < -0.39 is 18.1 Å². The number of anilines is 1. The summed E-state index contributed by atoms with van der Waals surface area (Å²) in [6.45, 7) is 0. The lowest BCUT2D eigenvalue weighted by Gasteiger charge is -2.31. The van der Waals surface area contributed by atoms with Gasteiger partial charge in [0.25, 0.3) is 0 Å². The number of nitrogens with one attached hydrogen (secondary N) is 1. The van der Waals surface area contributed by atoms with Crippen molar-refractivity contribution in [2.45, 2.75) is 37.5 Å². The van der Waals surface area contributed by atoms with Crippen LogP contribution in [0.15, 0.2) is 30.5 Å². The highest BCUT2D eigenvalue weighted by Crippen LogP contribution is 2.39. The van der Waals surface area contributed by atoms with Gasteiger partial charge in [-0.15, -0.1) is 0 Å². The number of aromatic nitrogens is 1. The third-order valence-corrected chi connectivity index (χ3v) is 7.98. The van der Waals surface area contributed by atoms with Gasteiger partial charge in [0.15, 0.2) is 6.04 Å². The van der Waals surface area contributed by atoms with E-state index in [-0.39, 0.29) is 17.7 Å². The zero-order valence-electron chi connectivity index (χ0n) is 17.3. The van der Waals surface area contributed by atoms with Gasteiger partial charge in [-0.25, -0.2) is 0 Å². The highest BCUT2D eigenvalue weighted by atomic mass is 35.5. The van der Waals surface area contributed by atoms with Crippen LogP contribution in [-0.4, -0.2) is 46.6 Å². The minimum absolute atomic E-state index is 0.0381. The summed E-state index contributed by atoms with van der Waals surface area (Å²) in [5.74, 6) is 0.492. The summed E-state index contributed by atoms with van der Waals surface area (Å²) < 4.78 is 41.6. The quantitative estimate of drug-likeness (QED) is 0.561. The van der Waals surface area contributed by atoms with Crippen LogP contribution in [0.5, 0.6) is 0 Å². The number of carbonyl (C=O) groups excluding carboxylic acids is 1. The molecule has 3 unspecified atom stereocenters. The molecule has 1 saturated heterocycles. The van der Waals surface area contributed by atoms with Gasteiger partial charge < -0.3 is 10.2 Å². The molecule has 0 radical (unpaired) electrons. The number of nitrogens with zero attached hydrogens (tertiary/aromatic N) is 2. The summed E-state index contributed by atoms with van der Waals surface area (Å²) in [4.78, 5) is 17.5. The SMILES string of the molecule is CN(C(=O)C1CCSC1)C(c1ccc(NC2Cc3ccc(Cl)c(Cl)c3C2)cn1)C(F)(F)F. The van der Waals surface area contributed by atoms with Crippen LogP contribution in [-0.2, 0) is 17.6 Å². The van der Waals surface area contributed by atoms with Crippen LogP contribution in [0.4, 0.5) is 18.9 Å². The Morgan fingerprint density at radius 3 is 2.66 bits per heavy atom. The number of hydrogen-bond acceptors (Lipinski definition) is 4. The molecular formula is C22H22Cl2F3N3OS. The van der Waals surface area contributed by atoms with E-state index >= 15 is 0 Å². The molecule has 3 atom stereocenters. The van der Waals surface area contributed by atoms with E-state index in [1.165, 1.54) is 19.3 Å². The molecule has 1 aliphatic carbocycles. The molecule has 172 valence electrons. The molecule has 1 N–H and O–H groups in total. The van der Waals surface area contributed by atoms with Crippen molar-refractivity contribution in [1.82, 2.24) is 9.88 Å². The summed E-state index contributed by atoms with van der Waals surface area (Å²) in [6.07, 6.45) is -1.24. The number of amides is 1. The molecule has 1 aliphatic heterocycles. The third kappa shape index (κ3) is 4.82. The second kappa shape index (κ2) is 9.31. The Morgan fingerprint density at radius 2 is 2.03 bits per heavy atom. The van der Waals surface area contributed by atoms with E-state index in [0.29, 0.717) is 34.3 Å². The molecule has 2 aliphatic rings. The topological polar surface area (TPSA) is 45.2 Å². The smallest absolute Gasteiger partial charge is 0.380 e. The van der Waals surface area contributed by atoms with Crippen molar-refractivity contribution < 1.29 is 18.0 Å². The normalized spacial score (nSPS) is 21.3. The number of rotatable bonds is 5. The zero-order valence-corrected chi connectivity index (χ0v) is 19.6. The van der Waals surface area contributed by atoms with Gasteiger partial charge in [0.1, 0.15) is 0 Å². The van der Waals surface area contributed by atoms with Gasteiger partial charge in [-0.2, -0.15) is 24.9 Å². The van der Waals surface area contributed by atoms with Gasteiger partial charge in [0, 0.05) is 24.8 Å². The standard InChI is InChI=1S/C22H22Cl2F3N3OS/c1-30(21(31)13-6-7-32-11-13)20(22(25,26)27)18-5-3-14(10-28-18)29-15-8-12-2-4-17(23)19(24)16(12)9-15/h2-5,10,13,15,20,29H,6-9,11H2,1H3. The van der Waals surface area contributed by atoms with E-state index in [4.69, 9.17) is 23.2 Å². The van der Waals surface area contributed by atoms with Crippen molar-refractivity contribution in [3.8, 4) is 0 Å². The Bertz CT molecular complexity index is 997. The number of halogens is 5. The Balaban J connectivity index is 1.47. The van der Waals surface area contributed by atoms with Crippen LogP contribution in [0.25, 0.3) is 0 Å². The van der Waals surface area contributed by atoms with Crippen molar-refractivity contribution >= 4 is 46.6 Å². The predicted molar refractivity (Wildman–Crippen MR) is 123 cm³/mol. The molecular weight excluding hydrogens is 482 g/mol. The summed E-state index contributed by atoms with van der Waals surface area (Å²) in [5.41, 5.74) is 2.50. The number of fused-ring (bicyclic) bond motifs is 1. The Hall–Kier alpha value is -1.64. The minimum Gasteiger partial charge on any atom is -0.380 e. The summed E-state index contributed by atoms with van der Waals surface area (Å²) >= 11 is 14.0. The fraction of sp³-hybridized carbons (Fsp3) is 0.455. The molecule has 1 aromatic carbocycles. The fourth-order valence-electron chi connectivity index (χ4n) is 4.35.